The number of sulfonamides is 1. The summed E-state index contributed by atoms with van der Waals surface area (Å²) < 4.78 is 27.2. The van der Waals surface area contributed by atoms with Gasteiger partial charge in [-0.2, -0.15) is 5.10 Å². The number of aromatic nitrogens is 4. The minimum atomic E-state index is -3.19. The summed E-state index contributed by atoms with van der Waals surface area (Å²) in [6.07, 6.45) is 6.73. The highest BCUT2D eigenvalue weighted by molar-refractivity contribution is 7.89. The summed E-state index contributed by atoms with van der Waals surface area (Å²) in [5.74, 6) is 0.454. The fourth-order valence-corrected chi connectivity index (χ4v) is 5.15. The Labute approximate surface area is 202 Å². The lowest BCUT2D eigenvalue weighted by atomic mass is 10.1. The summed E-state index contributed by atoms with van der Waals surface area (Å²) in [5.41, 5.74) is 2.35. The SMILES string of the molecule is [C-]#[N+]c1cnc(NC2CCN(S(=O)(=O)CC)CC2)nc1-c1cnn(-c2ccc(C=O)cc2Cl)c1. The molecule has 1 aliphatic heterocycles. The van der Waals surface area contributed by atoms with Crippen molar-refractivity contribution < 1.29 is 13.2 Å². The molecule has 0 amide bonds. The number of rotatable bonds is 7. The summed E-state index contributed by atoms with van der Waals surface area (Å²) in [6.45, 7) is 10.0. The molecule has 3 heterocycles. The maximum atomic E-state index is 12.1. The van der Waals surface area contributed by atoms with E-state index in [1.165, 1.54) is 10.5 Å². The molecule has 2 aromatic heterocycles. The standard InChI is InChI=1S/C22H22ClN7O3S/c1-3-34(32,33)29-8-6-17(7-9-29)27-22-25-12-19(24-2)21(28-22)16-11-26-30(13-16)20-5-4-15(14-31)10-18(20)23/h4-5,10-14,17H,3,6-9H2,1H3,(H,25,27,28). The van der Waals surface area contributed by atoms with E-state index >= 15 is 0 Å². The Hall–Kier alpha value is -3.33. The quantitative estimate of drug-likeness (QED) is 0.390. The Bertz CT molecular complexity index is 1360. The average Bonchev–Trinajstić information content (AvgIpc) is 3.34. The van der Waals surface area contributed by atoms with Crippen LogP contribution in [0.4, 0.5) is 11.6 Å². The molecular weight excluding hydrogens is 478 g/mol. The molecule has 0 unspecified atom stereocenters. The van der Waals surface area contributed by atoms with Crippen molar-refractivity contribution >= 4 is 39.5 Å². The van der Waals surface area contributed by atoms with Crippen LogP contribution in [-0.4, -0.2) is 63.6 Å². The average molecular weight is 500 g/mol. The van der Waals surface area contributed by atoms with Crippen molar-refractivity contribution in [2.75, 3.05) is 24.2 Å². The van der Waals surface area contributed by atoms with Gasteiger partial charge in [0.25, 0.3) is 0 Å². The molecule has 0 aliphatic carbocycles. The van der Waals surface area contributed by atoms with Crippen LogP contribution in [0.3, 0.4) is 0 Å². The van der Waals surface area contributed by atoms with Crippen molar-refractivity contribution in [2.45, 2.75) is 25.8 Å². The van der Waals surface area contributed by atoms with Gasteiger partial charge in [-0.1, -0.05) is 11.6 Å². The van der Waals surface area contributed by atoms with Crippen LogP contribution in [0.2, 0.25) is 5.02 Å². The molecule has 0 spiro atoms. The van der Waals surface area contributed by atoms with Gasteiger partial charge in [-0.15, -0.1) is 0 Å². The predicted octanol–water partition coefficient (Wildman–Crippen LogP) is 3.57. The third kappa shape index (κ3) is 4.94. The number of piperidine rings is 1. The van der Waals surface area contributed by atoms with E-state index in [1.54, 1.807) is 42.2 Å². The van der Waals surface area contributed by atoms with Crippen molar-refractivity contribution in [3.8, 4) is 16.9 Å². The van der Waals surface area contributed by atoms with Gasteiger partial charge < -0.3 is 5.32 Å². The smallest absolute Gasteiger partial charge is 0.231 e. The maximum absolute atomic E-state index is 12.1. The molecule has 1 aromatic carbocycles. The summed E-state index contributed by atoms with van der Waals surface area (Å²) in [4.78, 5) is 23.3. The number of halogens is 1. The lowest BCUT2D eigenvalue weighted by Crippen LogP contribution is -2.43. The molecule has 1 N–H and O–H groups in total. The first-order valence-electron chi connectivity index (χ1n) is 10.6. The molecular formula is C22H22ClN7O3S. The molecule has 0 saturated carbocycles. The van der Waals surface area contributed by atoms with Crippen LogP contribution in [0, 0.1) is 6.57 Å². The van der Waals surface area contributed by atoms with Crippen LogP contribution >= 0.6 is 11.6 Å². The van der Waals surface area contributed by atoms with E-state index in [4.69, 9.17) is 18.2 Å². The molecule has 12 heteroatoms. The highest BCUT2D eigenvalue weighted by atomic mass is 35.5. The van der Waals surface area contributed by atoms with Gasteiger partial charge in [0.05, 0.1) is 34.9 Å². The van der Waals surface area contributed by atoms with Crippen LogP contribution in [-0.2, 0) is 10.0 Å². The van der Waals surface area contributed by atoms with Crippen molar-refractivity contribution in [1.82, 2.24) is 24.1 Å². The van der Waals surface area contributed by atoms with Crippen LogP contribution in [0.5, 0.6) is 0 Å². The number of hydrogen-bond acceptors (Lipinski definition) is 7. The highest BCUT2D eigenvalue weighted by Crippen LogP contribution is 2.30. The van der Waals surface area contributed by atoms with Crippen molar-refractivity contribution in [1.29, 1.82) is 0 Å². The van der Waals surface area contributed by atoms with Gasteiger partial charge >= 0.3 is 0 Å². The first-order valence-corrected chi connectivity index (χ1v) is 12.6. The largest absolute Gasteiger partial charge is 0.351 e. The minimum Gasteiger partial charge on any atom is -0.351 e. The zero-order chi connectivity index (χ0) is 24.3. The van der Waals surface area contributed by atoms with Gasteiger partial charge in [-0.05, 0) is 38.0 Å². The van der Waals surface area contributed by atoms with Crippen molar-refractivity contribution in [2.24, 2.45) is 0 Å². The molecule has 34 heavy (non-hydrogen) atoms. The van der Waals surface area contributed by atoms with Gasteiger partial charge in [0.15, 0.2) is 0 Å². The summed E-state index contributed by atoms with van der Waals surface area (Å²) in [7, 11) is -3.19. The summed E-state index contributed by atoms with van der Waals surface area (Å²) in [5, 5.41) is 7.97. The van der Waals surface area contributed by atoms with Gasteiger partial charge in [-0.3, -0.25) is 4.79 Å². The Morgan fingerprint density at radius 2 is 2.06 bits per heavy atom. The van der Waals surface area contributed by atoms with Crippen LogP contribution in [0.25, 0.3) is 21.8 Å². The van der Waals surface area contributed by atoms with Gasteiger partial charge in [-0.25, -0.2) is 32.2 Å². The number of nitrogens with zero attached hydrogens (tertiary/aromatic N) is 6. The number of aldehydes is 1. The molecule has 0 bridgehead atoms. The van der Waals surface area contributed by atoms with E-state index in [0.29, 0.717) is 65.7 Å². The molecule has 1 saturated heterocycles. The Morgan fingerprint density at radius 1 is 1.29 bits per heavy atom. The number of carbonyl (C=O) groups excluding carboxylic acids is 1. The third-order valence-electron chi connectivity index (χ3n) is 5.65. The van der Waals surface area contributed by atoms with Gasteiger partial charge in [0.1, 0.15) is 6.29 Å². The third-order valence-corrected chi connectivity index (χ3v) is 7.83. The zero-order valence-electron chi connectivity index (χ0n) is 18.3. The minimum absolute atomic E-state index is 0.0211. The molecule has 1 fully saturated rings. The molecule has 0 radical (unpaired) electrons. The highest BCUT2D eigenvalue weighted by Gasteiger charge is 2.27. The summed E-state index contributed by atoms with van der Waals surface area (Å²) >= 11 is 6.29. The van der Waals surface area contributed by atoms with Gasteiger partial charge in [0, 0.05) is 42.7 Å². The van der Waals surface area contributed by atoms with E-state index in [2.05, 4.69) is 25.2 Å². The number of hydrogen-bond donors (Lipinski definition) is 1. The Balaban J connectivity index is 1.54. The second-order valence-electron chi connectivity index (χ2n) is 7.76. The molecule has 176 valence electrons. The van der Waals surface area contributed by atoms with Crippen LogP contribution < -0.4 is 5.32 Å². The predicted molar refractivity (Wildman–Crippen MR) is 129 cm³/mol. The normalized spacial score (nSPS) is 15.1. The lowest BCUT2D eigenvalue weighted by molar-refractivity contribution is 0.112. The fraction of sp³-hybridized carbons (Fsp3) is 0.318. The van der Waals surface area contributed by atoms with E-state index < -0.39 is 10.0 Å². The number of nitrogens with one attached hydrogen (secondary N) is 1. The summed E-state index contributed by atoms with van der Waals surface area (Å²) in [6, 6.07) is 4.91. The molecule has 3 aromatic rings. The first-order chi connectivity index (χ1) is 16.3. The van der Waals surface area contributed by atoms with Crippen LogP contribution in [0.1, 0.15) is 30.1 Å². The fourth-order valence-electron chi connectivity index (χ4n) is 3.74. The molecule has 10 nitrogen and oxygen atoms in total. The second kappa shape index (κ2) is 9.89. The van der Waals surface area contributed by atoms with Crippen molar-refractivity contribution in [3.05, 3.63) is 58.8 Å². The Morgan fingerprint density at radius 3 is 2.71 bits per heavy atom. The number of benzene rings is 1. The first kappa shape index (κ1) is 23.8. The maximum Gasteiger partial charge on any atom is 0.231 e. The van der Waals surface area contributed by atoms with E-state index in [-0.39, 0.29) is 17.5 Å². The van der Waals surface area contributed by atoms with E-state index in [0.717, 1.165) is 0 Å². The molecule has 4 rings (SSSR count). The zero-order valence-corrected chi connectivity index (χ0v) is 19.9. The molecule has 0 atom stereocenters. The topological polar surface area (TPSA) is 114 Å². The second-order valence-corrected chi connectivity index (χ2v) is 10.4. The van der Waals surface area contributed by atoms with Crippen molar-refractivity contribution in [3.63, 3.8) is 0 Å². The lowest BCUT2D eigenvalue weighted by Gasteiger charge is -2.31. The molecule has 1 aliphatic rings. The van der Waals surface area contributed by atoms with Gasteiger partial charge in [0.2, 0.25) is 21.7 Å². The monoisotopic (exact) mass is 499 g/mol. The Kier molecular flexibility index (Phi) is 6.92. The van der Waals surface area contributed by atoms with Crippen LogP contribution in [0.15, 0.2) is 36.8 Å². The number of carbonyl (C=O) groups is 1. The van der Waals surface area contributed by atoms with E-state index in [9.17, 15) is 13.2 Å². The van der Waals surface area contributed by atoms with E-state index in [1.807, 2.05) is 0 Å². The number of anilines is 1.